The molecule has 1 atom stereocenters. The van der Waals surface area contributed by atoms with Crippen LogP contribution in [0.3, 0.4) is 0 Å². The molecule has 1 saturated heterocycles. The third-order valence-electron chi connectivity index (χ3n) is 4.45. The van der Waals surface area contributed by atoms with Crippen molar-refractivity contribution in [1.82, 2.24) is 19.7 Å². The number of pyridine rings is 1. The van der Waals surface area contributed by atoms with Gasteiger partial charge in [0.1, 0.15) is 17.5 Å². The number of nitrogens with zero attached hydrogens (tertiary/aromatic N) is 4. The van der Waals surface area contributed by atoms with Crippen molar-refractivity contribution >= 4 is 17.2 Å². The summed E-state index contributed by atoms with van der Waals surface area (Å²) in [5.41, 5.74) is 2.36. The Morgan fingerprint density at radius 1 is 1.31 bits per heavy atom. The van der Waals surface area contributed by atoms with Gasteiger partial charge in [-0.3, -0.25) is 9.48 Å². The van der Waals surface area contributed by atoms with E-state index in [0.29, 0.717) is 24.7 Å². The van der Waals surface area contributed by atoms with Gasteiger partial charge in [-0.2, -0.15) is 5.10 Å². The molecule has 3 aromatic rings. The lowest BCUT2D eigenvalue weighted by atomic mass is 10.3. The van der Waals surface area contributed by atoms with Gasteiger partial charge in [-0.25, -0.2) is 4.98 Å². The molecule has 1 unspecified atom stereocenters. The van der Waals surface area contributed by atoms with Gasteiger partial charge >= 0.3 is 0 Å². The molecule has 134 valence electrons. The topological polar surface area (TPSA) is 60.2 Å². The molecule has 26 heavy (non-hydrogen) atoms. The highest BCUT2D eigenvalue weighted by atomic mass is 32.1. The van der Waals surface area contributed by atoms with Gasteiger partial charge < -0.3 is 9.64 Å². The van der Waals surface area contributed by atoms with E-state index in [2.05, 4.69) is 10.1 Å². The predicted molar refractivity (Wildman–Crippen MR) is 100 cm³/mol. The van der Waals surface area contributed by atoms with Crippen LogP contribution in [0.5, 0.6) is 5.88 Å². The number of aromatic nitrogens is 3. The van der Waals surface area contributed by atoms with E-state index in [-0.39, 0.29) is 12.0 Å². The number of aryl methyl sites for hydroxylation is 2. The smallest absolute Gasteiger partial charge is 0.272 e. The summed E-state index contributed by atoms with van der Waals surface area (Å²) < 4.78 is 7.60. The molecular formula is C19H20N4O2S. The first-order chi connectivity index (χ1) is 12.6. The fourth-order valence-electron chi connectivity index (χ4n) is 3.14. The van der Waals surface area contributed by atoms with Gasteiger partial charge in [0.25, 0.3) is 5.91 Å². The molecule has 1 aliphatic rings. The molecule has 3 aromatic heterocycles. The number of thiophene rings is 1. The largest absolute Gasteiger partial charge is 0.472 e. The molecule has 4 rings (SSSR count). The van der Waals surface area contributed by atoms with E-state index < -0.39 is 0 Å². The molecule has 7 heteroatoms. The quantitative estimate of drug-likeness (QED) is 0.710. The Balaban J connectivity index is 1.45. The van der Waals surface area contributed by atoms with E-state index in [4.69, 9.17) is 4.74 Å². The standard InChI is InChI=1S/C19H20N4O2S/c1-13-5-3-7-18(20-13)25-14-8-9-23(12-14)19(24)16-11-15(21-22(16)2)17-6-4-10-26-17/h3-7,10-11,14H,8-9,12H2,1-2H3. The maximum absolute atomic E-state index is 12.9. The summed E-state index contributed by atoms with van der Waals surface area (Å²) in [6.45, 7) is 3.17. The summed E-state index contributed by atoms with van der Waals surface area (Å²) in [5, 5.41) is 6.49. The fourth-order valence-corrected chi connectivity index (χ4v) is 3.82. The highest BCUT2D eigenvalue weighted by Crippen LogP contribution is 2.25. The Labute approximate surface area is 156 Å². The minimum Gasteiger partial charge on any atom is -0.472 e. The Hall–Kier alpha value is -2.67. The highest BCUT2D eigenvalue weighted by Gasteiger charge is 2.30. The molecule has 4 heterocycles. The predicted octanol–water partition coefficient (Wildman–Crippen LogP) is 3.15. The number of hydrogen-bond donors (Lipinski definition) is 0. The maximum atomic E-state index is 12.9. The zero-order valence-corrected chi connectivity index (χ0v) is 15.6. The van der Waals surface area contributed by atoms with Crippen LogP contribution in [-0.2, 0) is 7.05 Å². The summed E-state index contributed by atoms with van der Waals surface area (Å²) in [7, 11) is 1.81. The van der Waals surface area contributed by atoms with E-state index in [1.165, 1.54) is 0 Å². The van der Waals surface area contributed by atoms with Crippen molar-refractivity contribution in [2.45, 2.75) is 19.4 Å². The first-order valence-electron chi connectivity index (χ1n) is 8.57. The van der Waals surface area contributed by atoms with E-state index in [0.717, 1.165) is 22.7 Å². The van der Waals surface area contributed by atoms with E-state index in [1.54, 1.807) is 16.0 Å². The van der Waals surface area contributed by atoms with Crippen molar-refractivity contribution < 1.29 is 9.53 Å². The molecular weight excluding hydrogens is 348 g/mol. The monoisotopic (exact) mass is 368 g/mol. The summed E-state index contributed by atoms with van der Waals surface area (Å²) in [5.74, 6) is 0.607. The number of hydrogen-bond acceptors (Lipinski definition) is 5. The highest BCUT2D eigenvalue weighted by molar-refractivity contribution is 7.13. The molecule has 6 nitrogen and oxygen atoms in total. The number of amides is 1. The molecule has 0 radical (unpaired) electrons. The van der Waals surface area contributed by atoms with Crippen LogP contribution in [0, 0.1) is 6.92 Å². The third-order valence-corrected chi connectivity index (χ3v) is 5.35. The van der Waals surface area contributed by atoms with Crippen LogP contribution in [0.4, 0.5) is 0 Å². The second-order valence-corrected chi connectivity index (χ2v) is 7.36. The van der Waals surface area contributed by atoms with Gasteiger partial charge in [0.2, 0.25) is 5.88 Å². The van der Waals surface area contributed by atoms with Crippen LogP contribution in [0.2, 0.25) is 0 Å². The number of carbonyl (C=O) groups is 1. The second-order valence-electron chi connectivity index (χ2n) is 6.41. The minimum absolute atomic E-state index is 0.00823. The van der Waals surface area contributed by atoms with Crippen molar-refractivity contribution in [2.75, 3.05) is 13.1 Å². The first-order valence-corrected chi connectivity index (χ1v) is 9.45. The van der Waals surface area contributed by atoms with Gasteiger partial charge in [0.15, 0.2) is 0 Å². The Morgan fingerprint density at radius 2 is 2.19 bits per heavy atom. The number of rotatable bonds is 4. The summed E-state index contributed by atoms with van der Waals surface area (Å²) in [4.78, 5) is 20.2. The van der Waals surface area contributed by atoms with Gasteiger partial charge in [0, 0.05) is 31.8 Å². The average molecular weight is 368 g/mol. The Morgan fingerprint density at radius 3 is 2.96 bits per heavy atom. The van der Waals surface area contributed by atoms with Crippen LogP contribution >= 0.6 is 11.3 Å². The van der Waals surface area contributed by atoms with Gasteiger partial charge in [0.05, 0.1) is 11.4 Å². The normalized spacial score (nSPS) is 16.8. The van der Waals surface area contributed by atoms with Gasteiger partial charge in [-0.15, -0.1) is 11.3 Å². The lowest BCUT2D eigenvalue weighted by molar-refractivity contribution is 0.0760. The molecule has 1 amide bonds. The lowest BCUT2D eigenvalue weighted by Gasteiger charge is -2.17. The molecule has 0 aromatic carbocycles. The van der Waals surface area contributed by atoms with Crippen molar-refractivity contribution in [1.29, 1.82) is 0 Å². The van der Waals surface area contributed by atoms with Gasteiger partial charge in [-0.1, -0.05) is 12.1 Å². The molecule has 0 saturated carbocycles. The summed E-state index contributed by atoms with van der Waals surface area (Å²) in [6, 6.07) is 11.6. The van der Waals surface area contributed by atoms with Gasteiger partial charge in [-0.05, 0) is 30.5 Å². The first kappa shape index (κ1) is 16.8. The minimum atomic E-state index is -0.0294. The molecule has 0 N–H and O–H groups in total. The average Bonchev–Trinajstić information content (AvgIpc) is 3.34. The third kappa shape index (κ3) is 3.35. The van der Waals surface area contributed by atoms with Crippen molar-refractivity contribution in [3.05, 3.63) is 53.2 Å². The van der Waals surface area contributed by atoms with Crippen LogP contribution in [-0.4, -0.2) is 44.8 Å². The molecule has 0 spiro atoms. The van der Waals surface area contributed by atoms with Crippen LogP contribution < -0.4 is 4.74 Å². The summed E-state index contributed by atoms with van der Waals surface area (Å²) >= 11 is 1.62. The fraction of sp³-hybridized carbons (Fsp3) is 0.316. The van der Waals surface area contributed by atoms with Crippen LogP contribution in [0.15, 0.2) is 41.8 Å². The summed E-state index contributed by atoms with van der Waals surface area (Å²) in [6.07, 6.45) is 0.773. The molecule has 1 fully saturated rings. The Bertz CT molecular complexity index is 920. The Kier molecular flexibility index (Phi) is 4.46. The van der Waals surface area contributed by atoms with Crippen LogP contribution in [0.25, 0.3) is 10.6 Å². The van der Waals surface area contributed by atoms with E-state index >= 15 is 0 Å². The zero-order chi connectivity index (χ0) is 18.1. The SMILES string of the molecule is Cc1cccc(OC2CCN(C(=O)c3cc(-c4cccs4)nn3C)C2)n1. The molecule has 0 bridgehead atoms. The van der Waals surface area contributed by atoms with Crippen molar-refractivity contribution in [3.63, 3.8) is 0 Å². The van der Waals surface area contributed by atoms with E-state index in [1.807, 2.05) is 60.6 Å². The van der Waals surface area contributed by atoms with Crippen molar-refractivity contribution in [3.8, 4) is 16.5 Å². The number of carbonyl (C=O) groups excluding carboxylic acids is 1. The van der Waals surface area contributed by atoms with E-state index in [9.17, 15) is 4.79 Å². The molecule has 0 aliphatic carbocycles. The van der Waals surface area contributed by atoms with Crippen LogP contribution in [0.1, 0.15) is 22.6 Å². The lowest BCUT2D eigenvalue weighted by Crippen LogP contribution is -2.32. The second kappa shape index (κ2) is 6.92. The maximum Gasteiger partial charge on any atom is 0.272 e. The number of ether oxygens (including phenoxy) is 1. The zero-order valence-electron chi connectivity index (χ0n) is 14.8. The van der Waals surface area contributed by atoms with Crippen molar-refractivity contribution in [2.24, 2.45) is 7.05 Å². The number of likely N-dealkylation sites (tertiary alicyclic amines) is 1. The molecule has 1 aliphatic heterocycles.